The minimum Gasteiger partial charge on any atom is -0.478 e. The van der Waals surface area contributed by atoms with Crippen LogP contribution in [-0.4, -0.2) is 22.4 Å². The number of aliphatic carboxylic acids is 1. The Morgan fingerprint density at radius 3 is 2.94 bits per heavy atom. The Bertz CT molecular complexity index is 472. The van der Waals surface area contributed by atoms with Gasteiger partial charge in [0.25, 0.3) is 0 Å². The smallest absolute Gasteiger partial charge is 0.351 e. The van der Waals surface area contributed by atoms with E-state index in [9.17, 15) is 4.79 Å². The highest BCUT2D eigenvalue weighted by atomic mass is 35.5. The number of hydrogen-bond acceptors (Lipinski definition) is 3. The van der Waals surface area contributed by atoms with Gasteiger partial charge in [-0.2, -0.15) is 0 Å². The topological polar surface area (TPSA) is 58.9 Å². The van der Waals surface area contributed by atoms with Crippen LogP contribution in [0.5, 0.6) is 0 Å². The SMILES string of the molecule is C[C@@]1(C(=O)O)CC(c2cccc(Cl)c2)=NO1. The summed E-state index contributed by atoms with van der Waals surface area (Å²) in [7, 11) is 0. The van der Waals surface area contributed by atoms with Crippen molar-refractivity contribution in [2.45, 2.75) is 18.9 Å². The first-order valence-electron chi connectivity index (χ1n) is 4.76. The Morgan fingerprint density at radius 1 is 1.62 bits per heavy atom. The van der Waals surface area contributed by atoms with Crippen LogP contribution in [0.15, 0.2) is 29.4 Å². The number of rotatable bonds is 2. The third-order valence-corrected chi connectivity index (χ3v) is 2.71. The van der Waals surface area contributed by atoms with E-state index in [1.54, 1.807) is 18.2 Å². The number of carboxylic acids is 1. The van der Waals surface area contributed by atoms with Crippen molar-refractivity contribution in [1.82, 2.24) is 0 Å². The summed E-state index contributed by atoms with van der Waals surface area (Å²) in [6, 6.07) is 7.09. The zero-order chi connectivity index (χ0) is 11.8. The summed E-state index contributed by atoms with van der Waals surface area (Å²) in [5, 5.41) is 13.4. The molecule has 0 unspecified atom stereocenters. The van der Waals surface area contributed by atoms with E-state index in [1.165, 1.54) is 6.92 Å². The van der Waals surface area contributed by atoms with Crippen LogP contribution in [0.2, 0.25) is 5.02 Å². The molecule has 16 heavy (non-hydrogen) atoms. The first-order chi connectivity index (χ1) is 7.51. The number of carboxylic acid groups (broad SMARTS) is 1. The van der Waals surface area contributed by atoms with E-state index in [4.69, 9.17) is 21.5 Å². The van der Waals surface area contributed by atoms with Gasteiger partial charge in [-0.25, -0.2) is 4.79 Å². The standard InChI is InChI=1S/C11H10ClNO3/c1-11(10(14)15)6-9(13-16-11)7-3-2-4-8(12)5-7/h2-5H,6H2,1H3,(H,14,15)/t11-/m0/s1. The number of carbonyl (C=O) groups is 1. The molecular weight excluding hydrogens is 230 g/mol. The fraction of sp³-hybridized carbons (Fsp3) is 0.273. The molecule has 0 saturated carbocycles. The molecular formula is C11H10ClNO3. The fourth-order valence-corrected chi connectivity index (χ4v) is 1.67. The quantitative estimate of drug-likeness (QED) is 0.862. The number of halogens is 1. The normalized spacial score (nSPS) is 23.8. The summed E-state index contributed by atoms with van der Waals surface area (Å²) in [5.41, 5.74) is 0.127. The van der Waals surface area contributed by atoms with E-state index in [1.807, 2.05) is 6.07 Å². The Morgan fingerprint density at radius 2 is 2.38 bits per heavy atom. The minimum atomic E-state index is -1.27. The summed E-state index contributed by atoms with van der Waals surface area (Å²) in [6.07, 6.45) is 0.239. The Balaban J connectivity index is 2.24. The van der Waals surface area contributed by atoms with Crippen LogP contribution >= 0.6 is 11.6 Å². The molecule has 0 spiro atoms. The van der Waals surface area contributed by atoms with Gasteiger partial charge in [-0.15, -0.1) is 0 Å². The second-order valence-electron chi connectivity index (χ2n) is 3.85. The van der Waals surface area contributed by atoms with Gasteiger partial charge in [0.2, 0.25) is 5.60 Å². The first kappa shape index (κ1) is 11.0. The lowest BCUT2D eigenvalue weighted by Crippen LogP contribution is -2.35. The number of oxime groups is 1. The maximum atomic E-state index is 10.9. The van der Waals surface area contributed by atoms with E-state index < -0.39 is 11.6 Å². The predicted octanol–water partition coefficient (Wildman–Crippen LogP) is 2.31. The number of benzene rings is 1. The maximum Gasteiger partial charge on any atom is 0.351 e. The molecule has 0 aliphatic carbocycles. The summed E-state index contributed by atoms with van der Waals surface area (Å²) in [5.74, 6) is -1.02. The van der Waals surface area contributed by atoms with E-state index in [0.29, 0.717) is 10.7 Å². The van der Waals surface area contributed by atoms with Gasteiger partial charge in [0.1, 0.15) is 0 Å². The third-order valence-electron chi connectivity index (χ3n) is 2.47. The van der Waals surface area contributed by atoms with Gasteiger partial charge < -0.3 is 9.94 Å². The lowest BCUT2D eigenvalue weighted by atomic mass is 9.96. The Labute approximate surface area is 97.5 Å². The molecule has 5 heteroatoms. The van der Waals surface area contributed by atoms with E-state index >= 15 is 0 Å². The van der Waals surface area contributed by atoms with Crippen LogP contribution < -0.4 is 0 Å². The molecule has 1 aliphatic rings. The van der Waals surface area contributed by atoms with Gasteiger partial charge >= 0.3 is 5.97 Å². The molecule has 2 rings (SSSR count). The molecule has 0 radical (unpaired) electrons. The van der Waals surface area contributed by atoms with E-state index in [2.05, 4.69) is 5.16 Å². The predicted molar refractivity (Wildman–Crippen MR) is 59.7 cm³/mol. The van der Waals surface area contributed by atoms with Crippen molar-refractivity contribution in [3.63, 3.8) is 0 Å². The second-order valence-corrected chi connectivity index (χ2v) is 4.29. The van der Waals surface area contributed by atoms with E-state index in [0.717, 1.165) is 5.56 Å². The molecule has 0 aromatic heterocycles. The van der Waals surface area contributed by atoms with Crippen LogP contribution in [0.25, 0.3) is 0 Å². The van der Waals surface area contributed by atoms with Gasteiger partial charge in [-0.05, 0) is 19.1 Å². The third kappa shape index (κ3) is 1.88. The highest BCUT2D eigenvalue weighted by Gasteiger charge is 2.42. The van der Waals surface area contributed by atoms with Crippen molar-refractivity contribution < 1.29 is 14.7 Å². The monoisotopic (exact) mass is 239 g/mol. The minimum absolute atomic E-state index is 0.239. The first-order valence-corrected chi connectivity index (χ1v) is 5.13. The molecule has 0 fully saturated rings. The van der Waals surface area contributed by atoms with E-state index in [-0.39, 0.29) is 6.42 Å². The van der Waals surface area contributed by atoms with Crippen molar-refractivity contribution in [3.05, 3.63) is 34.9 Å². The highest BCUT2D eigenvalue weighted by molar-refractivity contribution is 6.31. The molecule has 0 bridgehead atoms. The van der Waals surface area contributed by atoms with Gasteiger partial charge in [-0.1, -0.05) is 28.9 Å². The summed E-state index contributed by atoms with van der Waals surface area (Å²) < 4.78 is 0. The lowest BCUT2D eigenvalue weighted by Gasteiger charge is -2.14. The van der Waals surface area contributed by atoms with Gasteiger partial charge in [0, 0.05) is 17.0 Å². The van der Waals surface area contributed by atoms with Gasteiger partial charge in [0.05, 0.1) is 5.71 Å². The van der Waals surface area contributed by atoms with Gasteiger partial charge in [-0.3, -0.25) is 0 Å². The maximum absolute atomic E-state index is 10.9. The van der Waals surface area contributed by atoms with Gasteiger partial charge in [0.15, 0.2) is 0 Å². The van der Waals surface area contributed by atoms with Crippen LogP contribution in [0, 0.1) is 0 Å². The van der Waals surface area contributed by atoms with Crippen molar-refractivity contribution in [1.29, 1.82) is 0 Å². The second kappa shape index (κ2) is 3.79. The fourth-order valence-electron chi connectivity index (χ4n) is 1.48. The lowest BCUT2D eigenvalue weighted by molar-refractivity contribution is -0.160. The zero-order valence-electron chi connectivity index (χ0n) is 8.61. The average Bonchev–Trinajstić information content (AvgIpc) is 2.62. The molecule has 1 atom stereocenters. The molecule has 1 aromatic rings. The summed E-state index contributed by atoms with van der Waals surface area (Å²) in [4.78, 5) is 15.9. The molecule has 1 heterocycles. The highest BCUT2D eigenvalue weighted by Crippen LogP contribution is 2.27. The molecule has 84 valence electrons. The van der Waals surface area contributed by atoms with Crippen LogP contribution in [0.1, 0.15) is 18.9 Å². The largest absolute Gasteiger partial charge is 0.478 e. The van der Waals surface area contributed by atoms with Crippen molar-refractivity contribution in [2.75, 3.05) is 0 Å². The van der Waals surface area contributed by atoms with Crippen molar-refractivity contribution >= 4 is 23.3 Å². The van der Waals surface area contributed by atoms with Crippen molar-refractivity contribution in [3.8, 4) is 0 Å². The molecule has 1 aromatic carbocycles. The van der Waals surface area contributed by atoms with Crippen molar-refractivity contribution in [2.24, 2.45) is 5.16 Å². The average molecular weight is 240 g/mol. The Hall–Kier alpha value is -1.55. The molecule has 0 amide bonds. The summed E-state index contributed by atoms with van der Waals surface area (Å²) >= 11 is 5.84. The zero-order valence-corrected chi connectivity index (χ0v) is 9.36. The number of nitrogens with zero attached hydrogens (tertiary/aromatic N) is 1. The molecule has 4 nitrogen and oxygen atoms in total. The number of hydrogen-bond donors (Lipinski definition) is 1. The molecule has 0 saturated heterocycles. The summed E-state index contributed by atoms with van der Waals surface area (Å²) in [6.45, 7) is 1.50. The van der Waals surface area contributed by atoms with Crippen LogP contribution in [0.3, 0.4) is 0 Å². The Kier molecular flexibility index (Phi) is 2.59. The van der Waals surface area contributed by atoms with Crippen LogP contribution in [-0.2, 0) is 9.63 Å². The van der Waals surface area contributed by atoms with Crippen LogP contribution in [0.4, 0.5) is 0 Å². The molecule has 1 aliphatic heterocycles. The molecule has 1 N–H and O–H groups in total.